The molecule has 0 aromatic heterocycles. The molecule has 2 aromatic carbocycles. The quantitative estimate of drug-likeness (QED) is 0.799. The van der Waals surface area contributed by atoms with Crippen molar-refractivity contribution in [2.75, 3.05) is 13.7 Å². The molecule has 2 aliphatic rings. The Morgan fingerprint density at radius 3 is 2.71 bits per heavy atom. The Balaban J connectivity index is 1.63. The van der Waals surface area contributed by atoms with Crippen LogP contribution < -0.4 is 9.47 Å². The van der Waals surface area contributed by atoms with Crippen molar-refractivity contribution in [1.29, 1.82) is 0 Å². The maximum absolute atomic E-state index is 12.8. The summed E-state index contributed by atoms with van der Waals surface area (Å²) < 4.78 is 11.1. The third-order valence-corrected chi connectivity index (χ3v) is 5.63. The highest BCUT2D eigenvalue weighted by molar-refractivity contribution is 6.15. The lowest BCUT2D eigenvalue weighted by Gasteiger charge is -2.33. The summed E-state index contributed by atoms with van der Waals surface area (Å²) >= 11 is 0. The fraction of sp³-hybridized carbons (Fsp3) is 0.348. The fourth-order valence-electron chi connectivity index (χ4n) is 3.90. The maximum Gasteiger partial charge on any atom is 0.231 e. The Labute approximate surface area is 165 Å². The number of methoxy groups -OCH3 is 1. The molecule has 5 nitrogen and oxygen atoms in total. The monoisotopic (exact) mass is 379 g/mol. The number of rotatable bonds is 4. The van der Waals surface area contributed by atoms with E-state index in [1.165, 1.54) is 6.42 Å². The third kappa shape index (κ3) is 3.50. The number of aromatic hydroxyl groups is 1. The molecule has 5 heteroatoms. The first-order valence-electron chi connectivity index (χ1n) is 9.74. The second-order valence-corrected chi connectivity index (χ2v) is 7.47. The van der Waals surface area contributed by atoms with E-state index in [9.17, 15) is 9.90 Å². The highest BCUT2D eigenvalue weighted by Crippen LogP contribution is 2.40. The molecule has 1 atom stereocenters. The van der Waals surface area contributed by atoms with Crippen LogP contribution in [0, 0.1) is 0 Å². The van der Waals surface area contributed by atoms with E-state index in [1.807, 2.05) is 24.3 Å². The van der Waals surface area contributed by atoms with Gasteiger partial charge < -0.3 is 14.6 Å². The van der Waals surface area contributed by atoms with Gasteiger partial charge in [-0.1, -0.05) is 18.6 Å². The van der Waals surface area contributed by atoms with Crippen molar-refractivity contribution in [3.05, 3.63) is 58.8 Å². The van der Waals surface area contributed by atoms with E-state index in [0.717, 1.165) is 30.7 Å². The number of piperidine rings is 1. The topological polar surface area (TPSA) is 59.0 Å². The molecule has 0 amide bonds. The molecule has 28 heavy (non-hydrogen) atoms. The molecular formula is C23H25NO4. The number of hydrogen-bond acceptors (Lipinski definition) is 5. The van der Waals surface area contributed by atoms with E-state index < -0.39 is 0 Å². The summed E-state index contributed by atoms with van der Waals surface area (Å²) in [6, 6.07) is 11.1. The van der Waals surface area contributed by atoms with E-state index in [1.54, 1.807) is 25.3 Å². The molecule has 1 N–H and O–H groups in total. The van der Waals surface area contributed by atoms with Crippen molar-refractivity contribution in [2.45, 2.75) is 38.8 Å². The second-order valence-electron chi connectivity index (χ2n) is 7.47. The predicted octanol–water partition coefficient (Wildman–Crippen LogP) is 4.39. The van der Waals surface area contributed by atoms with Crippen LogP contribution in [0.15, 0.2) is 42.2 Å². The average Bonchev–Trinajstić information content (AvgIpc) is 3.02. The van der Waals surface area contributed by atoms with Crippen molar-refractivity contribution >= 4 is 11.9 Å². The van der Waals surface area contributed by atoms with Crippen molar-refractivity contribution in [2.24, 2.45) is 0 Å². The van der Waals surface area contributed by atoms with Gasteiger partial charge in [-0.3, -0.25) is 9.69 Å². The van der Waals surface area contributed by atoms with Crippen molar-refractivity contribution in [1.82, 2.24) is 4.90 Å². The van der Waals surface area contributed by atoms with Crippen LogP contribution in [0.3, 0.4) is 0 Å². The van der Waals surface area contributed by atoms with E-state index in [2.05, 4.69) is 11.8 Å². The molecule has 0 bridgehead atoms. The summed E-state index contributed by atoms with van der Waals surface area (Å²) in [7, 11) is 1.62. The number of carbonyl (C=O) groups is 1. The SMILES string of the molecule is COc1ccc(C=C2Oc3c(ccc(O)c3CN3CCCC[C@@H]3C)C2=O)cc1. The van der Waals surface area contributed by atoms with Crippen LogP contribution in [0.1, 0.15) is 47.7 Å². The van der Waals surface area contributed by atoms with E-state index >= 15 is 0 Å². The number of benzene rings is 2. The molecule has 2 aliphatic heterocycles. The lowest BCUT2D eigenvalue weighted by molar-refractivity contribution is 0.101. The van der Waals surface area contributed by atoms with Crippen LogP contribution in [0.4, 0.5) is 0 Å². The summed E-state index contributed by atoms with van der Waals surface area (Å²) in [6.45, 7) is 3.78. The van der Waals surface area contributed by atoms with Gasteiger partial charge in [-0.05, 0) is 62.2 Å². The van der Waals surface area contributed by atoms with Gasteiger partial charge in [0, 0.05) is 12.6 Å². The van der Waals surface area contributed by atoms with Crippen LogP contribution in [0.5, 0.6) is 17.2 Å². The summed E-state index contributed by atoms with van der Waals surface area (Å²) in [5.74, 6) is 1.54. The third-order valence-electron chi connectivity index (χ3n) is 5.63. The maximum atomic E-state index is 12.8. The Morgan fingerprint density at radius 2 is 2.00 bits per heavy atom. The number of phenols is 1. The molecule has 1 saturated heterocycles. The van der Waals surface area contributed by atoms with Gasteiger partial charge in [0.15, 0.2) is 5.76 Å². The lowest BCUT2D eigenvalue weighted by Crippen LogP contribution is -2.36. The van der Waals surface area contributed by atoms with Gasteiger partial charge in [-0.25, -0.2) is 0 Å². The van der Waals surface area contributed by atoms with Crippen LogP contribution in [0.25, 0.3) is 6.08 Å². The Hall–Kier alpha value is -2.79. The minimum Gasteiger partial charge on any atom is -0.507 e. The molecule has 0 unspecified atom stereocenters. The van der Waals surface area contributed by atoms with Gasteiger partial charge in [0.25, 0.3) is 0 Å². The van der Waals surface area contributed by atoms with E-state index in [-0.39, 0.29) is 17.3 Å². The van der Waals surface area contributed by atoms with Gasteiger partial charge in [0.1, 0.15) is 17.2 Å². The Kier molecular flexibility index (Phi) is 5.09. The first kappa shape index (κ1) is 18.6. The number of fused-ring (bicyclic) bond motifs is 1. The molecule has 0 aliphatic carbocycles. The van der Waals surface area contributed by atoms with Crippen LogP contribution in [-0.4, -0.2) is 35.5 Å². The van der Waals surface area contributed by atoms with Crippen LogP contribution in [0.2, 0.25) is 0 Å². The first-order valence-corrected chi connectivity index (χ1v) is 9.74. The molecule has 1 fully saturated rings. The largest absolute Gasteiger partial charge is 0.507 e. The molecular weight excluding hydrogens is 354 g/mol. The average molecular weight is 379 g/mol. The molecule has 4 rings (SSSR count). The van der Waals surface area contributed by atoms with Crippen molar-refractivity contribution in [3.63, 3.8) is 0 Å². The highest BCUT2D eigenvalue weighted by Gasteiger charge is 2.32. The molecule has 0 saturated carbocycles. The van der Waals surface area contributed by atoms with Gasteiger partial charge in [-0.2, -0.15) is 0 Å². The number of ketones is 1. The zero-order valence-corrected chi connectivity index (χ0v) is 16.3. The van der Waals surface area contributed by atoms with E-state index in [4.69, 9.17) is 9.47 Å². The number of Topliss-reactive ketones (excluding diaryl/α,β-unsaturated/α-hetero) is 1. The van der Waals surface area contributed by atoms with E-state index in [0.29, 0.717) is 29.5 Å². The zero-order chi connectivity index (χ0) is 19.7. The van der Waals surface area contributed by atoms with Gasteiger partial charge in [0.05, 0.1) is 18.2 Å². The normalized spacial score (nSPS) is 20.9. The molecule has 2 aromatic rings. The van der Waals surface area contributed by atoms with Gasteiger partial charge in [-0.15, -0.1) is 0 Å². The fourth-order valence-corrected chi connectivity index (χ4v) is 3.90. The smallest absolute Gasteiger partial charge is 0.231 e. The van der Waals surface area contributed by atoms with Crippen molar-refractivity contribution in [3.8, 4) is 17.2 Å². The summed E-state index contributed by atoms with van der Waals surface area (Å²) in [6.07, 6.45) is 5.27. The van der Waals surface area contributed by atoms with Crippen LogP contribution >= 0.6 is 0 Å². The molecule has 0 spiro atoms. The summed E-state index contributed by atoms with van der Waals surface area (Å²) in [5, 5.41) is 10.5. The number of likely N-dealkylation sites (tertiary alicyclic amines) is 1. The second kappa shape index (κ2) is 7.68. The molecule has 0 radical (unpaired) electrons. The molecule has 146 valence electrons. The number of allylic oxidation sites excluding steroid dienone is 1. The minimum atomic E-state index is -0.154. The standard InChI is InChI=1S/C23H25NO4/c1-15-5-3-4-12-24(15)14-19-20(25)11-10-18-22(26)21(28-23(18)19)13-16-6-8-17(27-2)9-7-16/h6-11,13,15,25H,3-5,12,14H2,1-2H3/t15-/m0/s1. The molecule has 2 heterocycles. The van der Waals surface area contributed by atoms with Gasteiger partial charge in [0.2, 0.25) is 5.78 Å². The highest BCUT2D eigenvalue weighted by atomic mass is 16.5. The number of carbonyl (C=O) groups excluding carboxylic acids is 1. The number of nitrogens with zero attached hydrogens (tertiary/aromatic N) is 1. The van der Waals surface area contributed by atoms with Crippen molar-refractivity contribution < 1.29 is 19.4 Å². The summed E-state index contributed by atoms with van der Waals surface area (Å²) in [4.78, 5) is 15.2. The number of hydrogen-bond donors (Lipinski definition) is 1. The summed E-state index contributed by atoms with van der Waals surface area (Å²) in [5.41, 5.74) is 2.06. The minimum absolute atomic E-state index is 0.154. The Morgan fingerprint density at radius 1 is 1.21 bits per heavy atom. The number of phenolic OH excluding ortho intramolecular Hbond substituents is 1. The zero-order valence-electron chi connectivity index (χ0n) is 16.3. The first-order chi connectivity index (χ1) is 13.6. The van der Waals surface area contributed by atoms with Gasteiger partial charge >= 0.3 is 0 Å². The predicted molar refractivity (Wildman–Crippen MR) is 108 cm³/mol. The lowest BCUT2D eigenvalue weighted by atomic mass is 10.0. The van der Waals surface area contributed by atoms with Crippen LogP contribution in [-0.2, 0) is 6.54 Å². The Bertz CT molecular complexity index is 917. The number of ether oxygens (including phenoxy) is 2.